The number of aromatic nitrogens is 1. The molecule has 1 aliphatic rings. The molecule has 1 unspecified atom stereocenters. The molecule has 0 amide bonds. The summed E-state index contributed by atoms with van der Waals surface area (Å²) in [7, 11) is 0. The zero-order valence-corrected chi connectivity index (χ0v) is 10.9. The van der Waals surface area contributed by atoms with Gasteiger partial charge in [0.25, 0.3) is 0 Å². The Hall–Kier alpha value is -2.18. The molecule has 1 N–H and O–H groups in total. The highest BCUT2D eigenvalue weighted by Crippen LogP contribution is 2.38. The van der Waals surface area contributed by atoms with E-state index in [0.29, 0.717) is 12.1 Å². The predicted molar refractivity (Wildman–Crippen MR) is 66.6 cm³/mol. The van der Waals surface area contributed by atoms with Crippen LogP contribution in [0.25, 0.3) is 5.88 Å². The van der Waals surface area contributed by atoms with Crippen LogP contribution in [-0.2, 0) is 12.8 Å². The molecule has 2 aromatic heterocycles. The first-order valence-electron chi connectivity index (χ1n) is 6.45. The smallest absolute Gasteiger partial charge is 0.392 e. The van der Waals surface area contributed by atoms with E-state index in [9.17, 15) is 18.0 Å². The summed E-state index contributed by atoms with van der Waals surface area (Å²) in [6.07, 6.45) is -2.27. The van der Waals surface area contributed by atoms with Crippen LogP contribution in [0.4, 0.5) is 13.2 Å². The summed E-state index contributed by atoms with van der Waals surface area (Å²) in [4.78, 5) is 10.8. The molecule has 4 nitrogen and oxygen atoms in total. The average Bonchev–Trinajstić information content (AvgIpc) is 3.03. The van der Waals surface area contributed by atoms with Crippen molar-refractivity contribution in [3.63, 3.8) is 0 Å². The van der Waals surface area contributed by atoms with Gasteiger partial charge in [-0.15, -0.1) is 0 Å². The minimum absolute atomic E-state index is 0.0824. The minimum Gasteiger partial charge on any atom is -0.475 e. The van der Waals surface area contributed by atoms with E-state index in [2.05, 4.69) is 0 Å². The molecule has 0 saturated heterocycles. The van der Waals surface area contributed by atoms with Crippen LogP contribution in [0.1, 0.15) is 28.2 Å². The second kappa shape index (κ2) is 4.68. The third-order valence-electron chi connectivity index (χ3n) is 3.79. The predicted octanol–water partition coefficient (Wildman–Crippen LogP) is 3.44. The Balaban J connectivity index is 1.96. The average molecular weight is 299 g/mol. The fraction of sp³-hybridized carbons (Fsp3) is 0.357. The van der Waals surface area contributed by atoms with Crippen LogP contribution in [-0.4, -0.2) is 21.8 Å². The van der Waals surface area contributed by atoms with Crippen molar-refractivity contribution < 1.29 is 27.5 Å². The summed E-state index contributed by atoms with van der Waals surface area (Å²) in [6.45, 7) is 0. The van der Waals surface area contributed by atoms with Gasteiger partial charge in [0.05, 0.1) is 5.92 Å². The maximum absolute atomic E-state index is 12.9. The lowest BCUT2D eigenvalue weighted by Gasteiger charge is -2.25. The number of furan rings is 1. The Kier molecular flexibility index (Phi) is 3.07. The van der Waals surface area contributed by atoms with Crippen molar-refractivity contribution in [1.82, 2.24) is 4.57 Å². The standard InChI is InChI=1S/C14H12F3NO3/c15-14(16,17)9-2-1-8-5-6-18(10(8)7-9)12-4-3-11(21-12)13(19)20/h3-6,9H,1-2,7H2,(H,19,20). The minimum atomic E-state index is -4.22. The lowest BCUT2D eigenvalue weighted by Crippen LogP contribution is -2.29. The highest BCUT2D eigenvalue weighted by Gasteiger charge is 2.42. The molecule has 3 rings (SSSR count). The van der Waals surface area contributed by atoms with E-state index in [-0.39, 0.29) is 24.5 Å². The quantitative estimate of drug-likeness (QED) is 0.924. The van der Waals surface area contributed by atoms with Crippen LogP contribution in [0.3, 0.4) is 0 Å². The van der Waals surface area contributed by atoms with E-state index in [4.69, 9.17) is 9.52 Å². The molecule has 0 spiro atoms. The monoisotopic (exact) mass is 299 g/mol. The molecule has 112 valence electrons. The first kappa shape index (κ1) is 13.8. The number of carboxylic acids is 1. The maximum Gasteiger partial charge on any atom is 0.392 e. The molecule has 0 aromatic carbocycles. The van der Waals surface area contributed by atoms with Crippen LogP contribution in [0.2, 0.25) is 0 Å². The van der Waals surface area contributed by atoms with Gasteiger partial charge in [0.1, 0.15) is 0 Å². The van der Waals surface area contributed by atoms with E-state index in [1.807, 2.05) is 0 Å². The number of fused-ring (bicyclic) bond motifs is 1. The zero-order valence-electron chi connectivity index (χ0n) is 10.9. The number of alkyl halides is 3. The van der Waals surface area contributed by atoms with Crippen LogP contribution in [0, 0.1) is 5.92 Å². The summed E-state index contributed by atoms with van der Waals surface area (Å²) in [5.41, 5.74) is 1.39. The van der Waals surface area contributed by atoms with Gasteiger partial charge in [-0.05, 0) is 37.0 Å². The van der Waals surface area contributed by atoms with Crippen molar-refractivity contribution in [2.75, 3.05) is 0 Å². The third-order valence-corrected chi connectivity index (χ3v) is 3.79. The first-order chi connectivity index (χ1) is 9.86. The Morgan fingerprint density at radius 3 is 2.71 bits per heavy atom. The summed E-state index contributed by atoms with van der Waals surface area (Å²) in [6, 6.07) is 4.49. The molecule has 0 bridgehead atoms. The zero-order chi connectivity index (χ0) is 15.2. The van der Waals surface area contributed by atoms with Gasteiger partial charge < -0.3 is 9.52 Å². The fourth-order valence-electron chi connectivity index (χ4n) is 2.69. The van der Waals surface area contributed by atoms with Crippen LogP contribution in [0.5, 0.6) is 0 Å². The molecule has 1 aliphatic carbocycles. The number of carbonyl (C=O) groups is 1. The largest absolute Gasteiger partial charge is 0.475 e. The second-order valence-corrected chi connectivity index (χ2v) is 5.08. The fourth-order valence-corrected chi connectivity index (χ4v) is 2.69. The number of halogens is 3. The van der Waals surface area contributed by atoms with Gasteiger partial charge in [-0.3, -0.25) is 4.57 Å². The van der Waals surface area contributed by atoms with Gasteiger partial charge in [-0.2, -0.15) is 13.2 Å². The molecule has 0 saturated carbocycles. The van der Waals surface area contributed by atoms with Crippen LogP contribution >= 0.6 is 0 Å². The molecule has 0 fully saturated rings. The number of aryl methyl sites for hydroxylation is 1. The number of nitrogens with zero attached hydrogens (tertiary/aromatic N) is 1. The normalized spacial score (nSPS) is 18.5. The Morgan fingerprint density at radius 2 is 2.10 bits per heavy atom. The number of carboxylic acid groups (broad SMARTS) is 1. The van der Waals surface area contributed by atoms with E-state index >= 15 is 0 Å². The van der Waals surface area contributed by atoms with Crippen molar-refractivity contribution in [2.24, 2.45) is 5.92 Å². The number of hydrogen-bond donors (Lipinski definition) is 1. The molecule has 2 heterocycles. The van der Waals surface area contributed by atoms with Crippen molar-refractivity contribution >= 4 is 5.97 Å². The van der Waals surface area contributed by atoms with Crippen molar-refractivity contribution in [3.05, 3.63) is 41.4 Å². The number of aromatic carboxylic acids is 1. The lowest BCUT2D eigenvalue weighted by atomic mass is 9.87. The van der Waals surface area contributed by atoms with E-state index in [0.717, 1.165) is 5.56 Å². The van der Waals surface area contributed by atoms with E-state index in [1.165, 1.54) is 16.7 Å². The number of rotatable bonds is 2. The Morgan fingerprint density at radius 1 is 1.33 bits per heavy atom. The van der Waals surface area contributed by atoms with Gasteiger partial charge in [-0.1, -0.05) is 0 Å². The SMILES string of the molecule is O=C(O)c1ccc(-n2ccc3c2CC(C(F)(F)F)CC3)o1. The van der Waals surface area contributed by atoms with Gasteiger partial charge in [-0.25, -0.2) is 4.79 Å². The Labute approximate surface area is 117 Å². The maximum atomic E-state index is 12.9. The molecule has 21 heavy (non-hydrogen) atoms. The third kappa shape index (κ3) is 2.43. The van der Waals surface area contributed by atoms with Gasteiger partial charge >= 0.3 is 12.1 Å². The molecule has 0 radical (unpaired) electrons. The van der Waals surface area contributed by atoms with Crippen molar-refractivity contribution in [1.29, 1.82) is 0 Å². The summed E-state index contributed by atoms with van der Waals surface area (Å²) >= 11 is 0. The van der Waals surface area contributed by atoms with E-state index < -0.39 is 18.1 Å². The molecule has 0 aliphatic heterocycles. The van der Waals surface area contributed by atoms with E-state index in [1.54, 1.807) is 12.3 Å². The van der Waals surface area contributed by atoms with Gasteiger partial charge in [0.15, 0.2) is 0 Å². The topological polar surface area (TPSA) is 55.4 Å². The van der Waals surface area contributed by atoms with Crippen LogP contribution in [0.15, 0.2) is 28.8 Å². The highest BCUT2D eigenvalue weighted by molar-refractivity contribution is 5.84. The van der Waals surface area contributed by atoms with Gasteiger partial charge in [0.2, 0.25) is 11.6 Å². The van der Waals surface area contributed by atoms with Crippen molar-refractivity contribution in [2.45, 2.75) is 25.4 Å². The molecular formula is C14H12F3NO3. The first-order valence-corrected chi connectivity index (χ1v) is 6.45. The molecule has 1 atom stereocenters. The second-order valence-electron chi connectivity index (χ2n) is 5.08. The molecule has 7 heteroatoms. The summed E-state index contributed by atoms with van der Waals surface area (Å²) in [5, 5.41) is 8.83. The van der Waals surface area contributed by atoms with Crippen LogP contribution < -0.4 is 0 Å². The lowest BCUT2D eigenvalue weighted by molar-refractivity contribution is -0.177. The number of hydrogen-bond acceptors (Lipinski definition) is 2. The highest BCUT2D eigenvalue weighted by atomic mass is 19.4. The van der Waals surface area contributed by atoms with Gasteiger partial charge in [0, 0.05) is 18.0 Å². The Bertz CT molecular complexity index is 684. The summed E-state index contributed by atoms with van der Waals surface area (Å²) in [5.74, 6) is -2.60. The molecular weight excluding hydrogens is 287 g/mol. The molecule has 2 aromatic rings. The summed E-state index contributed by atoms with van der Waals surface area (Å²) < 4.78 is 45.3. The van der Waals surface area contributed by atoms with Crippen molar-refractivity contribution in [3.8, 4) is 5.88 Å².